The van der Waals surface area contributed by atoms with Crippen LogP contribution in [-0.4, -0.2) is 27.2 Å². The minimum atomic E-state index is 0.622. The van der Waals surface area contributed by atoms with Crippen LogP contribution in [0.5, 0.6) is 5.75 Å². The maximum atomic E-state index is 6.66. The fourth-order valence-corrected chi connectivity index (χ4v) is 2.95. The summed E-state index contributed by atoms with van der Waals surface area (Å²) in [7, 11) is 1.62. The topological polar surface area (TPSA) is 52.3 Å². The van der Waals surface area contributed by atoms with Crippen LogP contribution in [-0.2, 0) is 0 Å². The summed E-state index contributed by atoms with van der Waals surface area (Å²) in [6.45, 7) is 0. The van der Waals surface area contributed by atoms with Crippen LogP contribution in [0.3, 0.4) is 0 Å². The Bertz CT molecular complexity index is 982. The Morgan fingerprint density at radius 1 is 1.09 bits per heavy atom. The molecule has 0 atom stereocenters. The molecule has 4 aromatic rings. The Morgan fingerprint density at radius 3 is 2.68 bits per heavy atom. The molecule has 0 fully saturated rings. The molecule has 0 N–H and O–H groups in total. The molecule has 0 radical (unpaired) electrons. The minimum Gasteiger partial charge on any atom is -0.497 e. The van der Waals surface area contributed by atoms with Crippen LogP contribution in [0, 0.1) is 0 Å². The van der Waals surface area contributed by atoms with E-state index in [1.54, 1.807) is 11.6 Å². The summed E-state index contributed by atoms with van der Waals surface area (Å²) < 4.78 is 6.96. The number of aromatic nitrogens is 4. The van der Waals surface area contributed by atoms with Gasteiger partial charge in [0.15, 0.2) is 5.65 Å². The fourth-order valence-electron chi connectivity index (χ4n) is 2.60. The van der Waals surface area contributed by atoms with E-state index < -0.39 is 0 Å². The number of ether oxygens (including phenoxy) is 1. The van der Waals surface area contributed by atoms with E-state index in [4.69, 9.17) is 16.3 Å². The second-order valence-corrected chi connectivity index (χ2v) is 5.23. The number of fused-ring (bicyclic) bond motifs is 3. The summed E-state index contributed by atoms with van der Waals surface area (Å²) in [6.07, 6.45) is 0. The number of halogens is 1. The van der Waals surface area contributed by atoms with E-state index in [1.165, 1.54) is 0 Å². The molecule has 108 valence electrons. The number of benzene rings is 2. The van der Waals surface area contributed by atoms with Gasteiger partial charge in [0, 0.05) is 17.0 Å². The van der Waals surface area contributed by atoms with Gasteiger partial charge in [0.25, 0.3) is 0 Å². The minimum absolute atomic E-state index is 0.622. The Labute approximate surface area is 131 Å². The Morgan fingerprint density at radius 2 is 1.91 bits per heavy atom. The van der Waals surface area contributed by atoms with Crippen LogP contribution in [0.15, 0.2) is 48.5 Å². The SMILES string of the molecule is COc1ccc2c(Cl)c(-c3ccccc3)c3nnnn3c2c1. The smallest absolute Gasteiger partial charge is 0.189 e. The van der Waals surface area contributed by atoms with E-state index in [1.807, 2.05) is 48.5 Å². The van der Waals surface area contributed by atoms with Gasteiger partial charge < -0.3 is 4.74 Å². The second kappa shape index (κ2) is 4.96. The van der Waals surface area contributed by atoms with E-state index in [-0.39, 0.29) is 0 Å². The molecule has 4 rings (SSSR count). The number of hydrogen-bond donors (Lipinski definition) is 0. The highest BCUT2D eigenvalue weighted by molar-refractivity contribution is 6.39. The van der Waals surface area contributed by atoms with Gasteiger partial charge in [-0.2, -0.15) is 4.52 Å². The molecule has 0 aliphatic heterocycles. The molecule has 0 aliphatic rings. The van der Waals surface area contributed by atoms with Crippen LogP contribution in [0.4, 0.5) is 0 Å². The molecule has 0 amide bonds. The van der Waals surface area contributed by atoms with Gasteiger partial charge in [0.2, 0.25) is 0 Å². The highest BCUT2D eigenvalue weighted by Crippen LogP contribution is 2.37. The molecule has 0 unspecified atom stereocenters. The van der Waals surface area contributed by atoms with E-state index in [0.717, 1.165) is 27.8 Å². The third-order valence-corrected chi connectivity index (χ3v) is 4.04. The number of methoxy groups -OCH3 is 1. The number of tetrazole rings is 1. The first kappa shape index (κ1) is 13.0. The van der Waals surface area contributed by atoms with Crippen molar-refractivity contribution in [3.05, 3.63) is 53.6 Å². The first-order chi connectivity index (χ1) is 10.8. The van der Waals surface area contributed by atoms with Crippen molar-refractivity contribution in [2.24, 2.45) is 0 Å². The lowest BCUT2D eigenvalue weighted by molar-refractivity contribution is 0.415. The average molecular weight is 311 g/mol. The lowest BCUT2D eigenvalue weighted by Gasteiger charge is -2.11. The summed E-state index contributed by atoms with van der Waals surface area (Å²) in [5.74, 6) is 0.729. The van der Waals surface area contributed by atoms with Gasteiger partial charge in [-0.25, -0.2) is 0 Å². The van der Waals surface area contributed by atoms with Crippen molar-refractivity contribution in [2.45, 2.75) is 0 Å². The monoisotopic (exact) mass is 310 g/mol. The van der Waals surface area contributed by atoms with Gasteiger partial charge in [-0.3, -0.25) is 0 Å². The molecular formula is C16H11ClN4O. The summed E-state index contributed by atoms with van der Waals surface area (Å²) in [5, 5.41) is 13.5. The summed E-state index contributed by atoms with van der Waals surface area (Å²) in [5.41, 5.74) is 3.23. The molecule has 6 heteroatoms. The van der Waals surface area contributed by atoms with E-state index in [0.29, 0.717) is 10.7 Å². The predicted molar refractivity (Wildman–Crippen MR) is 85.3 cm³/mol. The van der Waals surface area contributed by atoms with Crippen molar-refractivity contribution < 1.29 is 4.74 Å². The zero-order valence-electron chi connectivity index (χ0n) is 11.7. The van der Waals surface area contributed by atoms with Crippen LogP contribution >= 0.6 is 11.6 Å². The van der Waals surface area contributed by atoms with Crippen LogP contribution < -0.4 is 4.74 Å². The summed E-state index contributed by atoms with van der Waals surface area (Å²) >= 11 is 6.66. The largest absolute Gasteiger partial charge is 0.497 e. The summed E-state index contributed by atoms with van der Waals surface area (Å²) in [6, 6.07) is 15.5. The van der Waals surface area contributed by atoms with Gasteiger partial charge >= 0.3 is 0 Å². The number of nitrogens with zero attached hydrogens (tertiary/aromatic N) is 4. The molecule has 2 aromatic carbocycles. The van der Waals surface area contributed by atoms with Gasteiger partial charge in [0.1, 0.15) is 5.75 Å². The van der Waals surface area contributed by atoms with E-state index in [9.17, 15) is 0 Å². The molecule has 5 nitrogen and oxygen atoms in total. The first-order valence-electron chi connectivity index (χ1n) is 6.72. The molecule has 0 saturated heterocycles. The quantitative estimate of drug-likeness (QED) is 0.567. The van der Waals surface area contributed by atoms with Gasteiger partial charge in [-0.1, -0.05) is 41.9 Å². The Balaban J connectivity index is 2.17. The van der Waals surface area contributed by atoms with Crippen molar-refractivity contribution in [1.29, 1.82) is 0 Å². The number of pyridine rings is 1. The lowest BCUT2D eigenvalue weighted by atomic mass is 10.0. The molecule has 0 aliphatic carbocycles. The van der Waals surface area contributed by atoms with Gasteiger partial charge in [-0.15, -0.1) is 5.10 Å². The third kappa shape index (κ3) is 1.83. The third-order valence-electron chi connectivity index (χ3n) is 3.64. The predicted octanol–water partition coefficient (Wildman–Crippen LogP) is 3.61. The first-order valence-corrected chi connectivity index (χ1v) is 7.10. The molecule has 0 saturated carbocycles. The zero-order valence-corrected chi connectivity index (χ0v) is 12.4. The second-order valence-electron chi connectivity index (χ2n) is 4.85. The van der Waals surface area contributed by atoms with Crippen LogP contribution in [0.2, 0.25) is 5.02 Å². The zero-order chi connectivity index (χ0) is 15.1. The number of hydrogen-bond acceptors (Lipinski definition) is 4. The standard InChI is InChI=1S/C16H11ClN4O/c1-22-11-7-8-12-13(9-11)21-16(18-19-20-21)14(15(12)17)10-5-3-2-4-6-10/h2-9H,1H3. The molecule has 2 aromatic heterocycles. The van der Waals surface area contributed by atoms with Gasteiger partial charge in [-0.05, 0) is 28.1 Å². The van der Waals surface area contributed by atoms with Crippen molar-refractivity contribution in [1.82, 2.24) is 20.0 Å². The molecule has 0 spiro atoms. The highest BCUT2D eigenvalue weighted by atomic mass is 35.5. The maximum absolute atomic E-state index is 6.66. The highest BCUT2D eigenvalue weighted by Gasteiger charge is 2.17. The molecular weight excluding hydrogens is 300 g/mol. The molecule has 22 heavy (non-hydrogen) atoms. The van der Waals surface area contributed by atoms with Crippen LogP contribution in [0.25, 0.3) is 27.7 Å². The van der Waals surface area contributed by atoms with E-state index >= 15 is 0 Å². The maximum Gasteiger partial charge on any atom is 0.189 e. The van der Waals surface area contributed by atoms with Crippen molar-refractivity contribution in [2.75, 3.05) is 7.11 Å². The number of rotatable bonds is 2. The van der Waals surface area contributed by atoms with Gasteiger partial charge in [0.05, 0.1) is 17.6 Å². The lowest BCUT2D eigenvalue weighted by Crippen LogP contribution is -1.96. The normalized spacial score (nSPS) is 11.2. The van der Waals surface area contributed by atoms with E-state index in [2.05, 4.69) is 15.5 Å². The molecule has 2 heterocycles. The fraction of sp³-hybridized carbons (Fsp3) is 0.0625. The van der Waals surface area contributed by atoms with Crippen molar-refractivity contribution in [3.8, 4) is 16.9 Å². The van der Waals surface area contributed by atoms with Crippen molar-refractivity contribution in [3.63, 3.8) is 0 Å². The molecule has 0 bridgehead atoms. The average Bonchev–Trinajstić information content (AvgIpc) is 3.05. The Hall–Kier alpha value is -2.66. The van der Waals surface area contributed by atoms with Crippen molar-refractivity contribution >= 4 is 28.2 Å². The van der Waals surface area contributed by atoms with Crippen LogP contribution in [0.1, 0.15) is 0 Å². The Kier molecular flexibility index (Phi) is 2.94. The summed E-state index contributed by atoms with van der Waals surface area (Å²) in [4.78, 5) is 0.